The van der Waals surface area contributed by atoms with Gasteiger partial charge in [-0.3, -0.25) is 0 Å². The highest BCUT2D eigenvalue weighted by Crippen LogP contribution is 2.05. The maximum Gasteiger partial charge on any atom is 0.00793 e. The molecule has 0 aliphatic heterocycles. The molecule has 0 heterocycles. The lowest BCUT2D eigenvalue weighted by Crippen LogP contribution is -2.35. The molecule has 0 saturated heterocycles. The van der Waals surface area contributed by atoms with Gasteiger partial charge >= 0.3 is 0 Å². The lowest BCUT2D eigenvalue weighted by atomic mass is 10.0. The molecule has 14 heavy (non-hydrogen) atoms. The summed E-state index contributed by atoms with van der Waals surface area (Å²) in [6.07, 6.45) is 2.62. The van der Waals surface area contributed by atoms with Gasteiger partial charge in [-0.15, -0.1) is 0 Å². The predicted octanol–water partition coefficient (Wildman–Crippen LogP) is 2.40. The van der Waals surface area contributed by atoms with Gasteiger partial charge in [0.25, 0.3) is 0 Å². The molecule has 86 valence electrons. The van der Waals surface area contributed by atoms with Crippen LogP contribution >= 0.6 is 0 Å². The number of hydrogen-bond donors (Lipinski definition) is 2. The minimum atomic E-state index is 0.600. The van der Waals surface area contributed by atoms with Crippen LogP contribution < -0.4 is 10.6 Å². The quantitative estimate of drug-likeness (QED) is 0.588. The summed E-state index contributed by atoms with van der Waals surface area (Å²) < 4.78 is 0. The molecule has 0 radical (unpaired) electrons. The molecule has 2 N–H and O–H groups in total. The highest BCUT2D eigenvalue weighted by atomic mass is 15.0. The number of nitrogens with one attached hydrogen (secondary N) is 2. The summed E-state index contributed by atoms with van der Waals surface area (Å²) in [5.41, 5.74) is 0. The zero-order chi connectivity index (χ0) is 11.0. The predicted molar refractivity (Wildman–Crippen MR) is 64.7 cm³/mol. The molecule has 0 aromatic heterocycles. The first-order chi connectivity index (χ1) is 6.52. The van der Waals surface area contributed by atoms with Crippen molar-refractivity contribution in [1.29, 1.82) is 0 Å². The molecule has 1 unspecified atom stereocenters. The minimum absolute atomic E-state index is 0.600. The van der Waals surface area contributed by atoms with Gasteiger partial charge in [0.15, 0.2) is 0 Å². The van der Waals surface area contributed by atoms with Gasteiger partial charge in [-0.05, 0) is 25.7 Å². The van der Waals surface area contributed by atoms with E-state index in [2.05, 4.69) is 45.3 Å². The van der Waals surface area contributed by atoms with Crippen molar-refractivity contribution in [3.8, 4) is 0 Å². The van der Waals surface area contributed by atoms with Gasteiger partial charge in [0.2, 0.25) is 0 Å². The highest BCUT2D eigenvalue weighted by Gasteiger charge is 2.02. The van der Waals surface area contributed by atoms with Crippen molar-refractivity contribution in [2.24, 2.45) is 5.92 Å². The molecule has 0 rings (SSSR count). The normalized spacial score (nSPS) is 13.9. The van der Waals surface area contributed by atoms with Crippen LogP contribution in [0.5, 0.6) is 0 Å². The number of hydrogen-bond acceptors (Lipinski definition) is 2. The molecule has 0 aliphatic carbocycles. The second-order valence-electron chi connectivity index (χ2n) is 4.94. The molecule has 0 aromatic rings. The van der Waals surface area contributed by atoms with Crippen molar-refractivity contribution < 1.29 is 0 Å². The lowest BCUT2D eigenvalue weighted by molar-refractivity contribution is 0.442. The van der Waals surface area contributed by atoms with Crippen LogP contribution in [-0.4, -0.2) is 25.2 Å². The molecule has 0 bridgehead atoms. The lowest BCUT2D eigenvalue weighted by Gasteiger charge is -2.16. The second-order valence-corrected chi connectivity index (χ2v) is 4.94. The van der Waals surface area contributed by atoms with E-state index in [0.29, 0.717) is 12.1 Å². The van der Waals surface area contributed by atoms with Crippen LogP contribution in [0.1, 0.15) is 47.5 Å². The van der Waals surface area contributed by atoms with Gasteiger partial charge in [-0.25, -0.2) is 0 Å². The Morgan fingerprint density at radius 3 is 1.86 bits per heavy atom. The minimum Gasteiger partial charge on any atom is -0.313 e. The maximum atomic E-state index is 3.53. The van der Waals surface area contributed by atoms with E-state index >= 15 is 0 Å². The average molecular weight is 200 g/mol. The summed E-state index contributed by atoms with van der Waals surface area (Å²) in [5.74, 6) is 0.827. The van der Waals surface area contributed by atoms with E-state index in [4.69, 9.17) is 0 Å². The molecule has 0 amide bonds. The largest absolute Gasteiger partial charge is 0.313 e. The van der Waals surface area contributed by atoms with Crippen molar-refractivity contribution in [2.75, 3.05) is 13.1 Å². The highest BCUT2D eigenvalue weighted by molar-refractivity contribution is 4.63. The van der Waals surface area contributed by atoms with Gasteiger partial charge < -0.3 is 10.6 Å². The Balaban J connectivity index is 3.22. The van der Waals surface area contributed by atoms with Crippen molar-refractivity contribution in [3.05, 3.63) is 0 Å². The van der Waals surface area contributed by atoms with Crippen molar-refractivity contribution >= 4 is 0 Å². The van der Waals surface area contributed by atoms with Crippen LogP contribution in [0.25, 0.3) is 0 Å². The Morgan fingerprint density at radius 1 is 0.786 bits per heavy atom. The first kappa shape index (κ1) is 13.9. The third-order valence-electron chi connectivity index (χ3n) is 2.35. The smallest absolute Gasteiger partial charge is 0.00793 e. The first-order valence-corrected chi connectivity index (χ1v) is 5.99. The molecule has 0 fully saturated rings. The van der Waals surface area contributed by atoms with Crippen LogP contribution in [0.15, 0.2) is 0 Å². The third kappa shape index (κ3) is 10.0. The Kier molecular flexibility index (Phi) is 8.20. The van der Waals surface area contributed by atoms with Crippen molar-refractivity contribution in [2.45, 2.75) is 59.5 Å². The van der Waals surface area contributed by atoms with E-state index in [1.807, 2.05) is 0 Å². The SMILES string of the molecule is CC(C)CCC(C)NCCNC(C)C. The van der Waals surface area contributed by atoms with E-state index < -0.39 is 0 Å². The fourth-order valence-corrected chi connectivity index (χ4v) is 1.36. The zero-order valence-corrected chi connectivity index (χ0v) is 10.6. The molecular formula is C12H28N2. The van der Waals surface area contributed by atoms with Gasteiger partial charge in [-0.2, -0.15) is 0 Å². The Labute approximate surface area is 89.9 Å². The molecule has 0 spiro atoms. The second kappa shape index (κ2) is 8.25. The van der Waals surface area contributed by atoms with Crippen LogP contribution in [0.2, 0.25) is 0 Å². The van der Waals surface area contributed by atoms with Crippen molar-refractivity contribution in [1.82, 2.24) is 10.6 Å². The van der Waals surface area contributed by atoms with Crippen LogP contribution in [0.3, 0.4) is 0 Å². The summed E-state index contributed by atoms with van der Waals surface area (Å²) in [7, 11) is 0. The Morgan fingerprint density at radius 2 is 1.36 bits per heavy atom. The standard InChI is InChI=1S/C12H28N2/c1-10(2)6-7-12(5)14-9-8-13-11(3)4/h10-14H,6-9H2,1-5H3. The third-order valence-corrected chi connectivity index (χ3v) is 2.35. The summed E-state index contributed by atoms with van der Waals surface area (Å²) in [4.78, 5) is 0. The summed E-state index contributed by atoms with van der Waals surface area (Å²) in [5, 5.41) is 6.93. The topological polar surface area (TPSA) is 24.1 Å². The number of rotatable bonds is 8. The molecule has 0 aromatic carbocycles. The fourth-order valence-electron chi connectivity index (χ4n) is 1.36. The van der Waals surface area contributed by atoms with Crippen molar-refractivity contribution in [3.63, 3.8) is 0 Å². The average Bonchev–Trinajstić information content (AvgIpc) is 2.08. The molecular weight excluding hydrogens is 172 g/mol. The van der Waals surface area contributed by atoms with E-state index in [-0.39, 0.29) is 0 Å². The fraction of sp³-hybridized carbons (Fsp3) is 1.00. The molecule has 0 aliphatic rings. The Bertz CT molecular complexity index is 121. The van der Waals surface area contributed by atoms with Gasteiger partial charge in [0.1, 0.15) is 0 Å². The molecule has 2 heteroatoms. The van der Waals surface area contributed by atoms with E-state index in [9.17, 15) is 0 Å². The van der Waals surface area contributed by atoms with Crippen LogP contribution in [0, 0.1) is 5.92 Å². The summed E-state index contributed by atoms with van der Waals surface area (Å²) >= 11 is 0. The molecule has 1 atom stereocenters. The van der Waals surface area contributed by atoms with Gasteiger partial charge in [0, 0.05) is 25.2 Å². The monoisotopic (exact) mass is 200 g/mol. The summed E-state index contributed by atoms with van der Waals surface area (Å²) in [6.45, 7) is 13.4. The van der Waals surface area contributed by atoms with Gasteiger partial charge in [0.05, 0.1) is 0 Å². The van der Waals surface area contributed by atoms with E-state index in [1.165, 1.54) is 12.8 Å². The van der Waals surface area contributed by atoms with E-state index in [1.54, 1.807) is 0 Å². The Hall–Kier alpha value is -0.0800. The van der Waals surface area contributed by atoms with Gasteiger partial charge in [-0.1, -0.05) is 27.7 Å². The zero-order valence-electron chi connectivity index (χ0n) is 10.6. The van der Waals surface area contributed by atoms with E-state index in [0.717, 1.165) is 19.0 Å². The molecule has 2 nitrogen and oxygen atoms in total. The first-order valence-electron chi connectivity index (χ1n) is 5.99. The van der Waals surface area contributed by atoms with Crippen LogP contribution in [0.4, 0.5) is 0 Å². The molecule has 0 saturated carbocycles. The maximum absolute atomic E-state index is 3.53. The van der Waals surface area contributed by atoms with Crippen LogP contribution in [-0.2, 0) is 0 Å². The summed E-state index contributed by atoms with van der Waals surface area (Å²) in [6, 6.07) is 1.26.